The first-order valence-electron chi connectivity index (χ1n) is 12.5. The lowest BCUT2D eigenvalue weighted by Gasteiger charge is -2.39. The molecule has 0 spiro atoms. The molecule has 9 nitrogen and oxygen atoms in total. The average molecular weight is 553 g/mol. The summed E-state index contributed by atoms with van der Waals surface area (Å²) in [6, 6.07) is 3.93. The number of alkyl halides is 3. The van der Waals surface area contributed by atoms with Gasteiger partial charge in [0.15, 0.2) is 0 Å². The van der Waals surface area contributed by atoms with Crippen molar-refractivity contribution in [3.8, 4) is 5.88 Å². The number of piperazine rings is 1. The van der Waals surface area contributed by atoms with E-state index in [1.54, 1.807) is 13.0 Å². The van der Waals surface area contributed by atoms with Crippen LogP contribution in [0.25, 0.3) is 11.5 Å². The van der Waals surface area contributed by atoms with Crippen LogP contribution >= 0.6 is 0 Å². The number of ether oxygens (including phenoxy) is 2. The highest BCUT2D eigenvalue weighted by molar-refractivity contribution is 5.80. The van der Waals surface area contributed by atoms with E-state index >= 15 is 0 Å². The molecule has 1 amide bonds. The van der Waals surface area contributed by atoms with Gasteiger partial charge in [0.05, 0.1) is 43.2 Å². The Kier molecular flexibility index (Phi) is 8.09. The number of carbonyl (C=O) groups is 1. The predicted octanol–water partition coefficient (Wildman–Crippen LogP) is 1.01. The molecule has 0 bridgehead atoms. The number of amides is 1. The highest BCUT2D eigenvalue weighted by atomic mass is 19.4. The smallest absolute Gasteiger partial charge is 0.419 e. The van der Waals surface area contributed by atoms with Crippen LogP contribution < -0.4 is 37.0 Å². The Bertz CT molecular complexity index is 1350. The first-order valence-corrected chi connectivity index (χ1v) is 12.5. The molecule has 1 atom stereocenters. The highest BCUT2D eigenvalue weighted by Gasteiger charge is 2.35. The number of nitrogens with zero attached hydrogens (tertiary/aromatic N) is 3. The standard InChI is InChI=1S/C26H32F4N6O3/c1-14(31)22-18(23(32)33-15(2)17-5-4-6-19(21(17)27)26(28,29)30)11-20(24(34-22)38-3)35-7-9-36(10-8-35)25(37)16-12-39-13-16/h4-6,11,15-16,33H,7-10,12-13,31-32H2,1-3H3/b22-14+,23-18+/t15-/m1/s1. The Hall–Kier alpha value is -3.74. The van der Waals surface area contributed by atoms with Crippen molar-refractivity contribution in [2.45, 2.75) is 26.1 Å². The number of methoxy groups -OCH3 is 1. The first-order chi connectivity index (χ1) is 18.4. The molecule has 13 heteroatoms. The van der Waals surface area contributed by atoms with E-state index in [9.17, 15) is 22.4 Å². The fourth-order valence-electron chi connectivity index (χ4n) is 4.66. The minimum atomic E-state index is -4.83. The van der Waals surface area contributed by atoms with Crippen molar-refractivity contribution in [2.24, 2.45) is 17.4 Å². The van der Waals surface area contributed by atoms with Crippen molar-refractivity contribution in [2.75, 3.05) is 51.4 Å². The van der Waals surface area contributed by atoms with Gasteiger partial charge in [-0.25, -0.2) is 9.37 Å². The molecule has 4 rings (SSSR count). The van der Waals surface area contributed by atoms with Crippen molar-refractivity contribution in [3.05, 3.63) is 51.8 Å². The summed E-state index contributed by atoms with van der Waals surface area (Å²) in [7, 11) is 1.47. The lowest BCUT2D eigenvalue weighted by Crippen LogP contribution is -2.53. The molecule has 1 aromatic heterocycles. The SMILES string of the molecule is COc1nc(=C(\C)N)/c(=C(\N)N[C@H](C)c2cccc(C(F)(F)F)c2F)cc1N1CCN(C(=O)C2COC2)CC1. The van der Waals surface area contributed by atoms with Crippen LogP contribution in [-0.4, -0.2) is 62.3 Å². The Balaban J connectivity index is 1.66. The van der Waals surface area contributed by atoms with Gasteiger partial charge in [-0.15, -0.1) is 0 Å². The number of aromatic nitrogens is 1. The van der Waals surface area contributed by atoms with E-state index in [1.807, 2.05) is 9.80 Å². The zero-order valence-corrected chi connectivity index (χ0v) is 21.9. The molecular formula is C26H32F4N6O3. The summed E-state index contributed by atoms with van der Waals surface area (Å²) in [5.74, 6) is -1.03. The van der Waals surface area contributed by atoms with Crippen LogP contribution in [0.15, 0.2) is 24.3 Å². The van der Waals surface area contributed by atoms with Crippen molar-refractivity contribution < 1.29 is 31.8 Å². The van der Waals surface area contributed by atoms with Gasteiger partial charge in [-0.3, -0.25) is 4.79 Å². The minimum absolute atomic E-state index is 0.0503. The molecule has 0 saturated carbocycles. The van der Waals surface area contributed by atoms with E-state index in [0.29, 0.717) is 73.3 Å². The van der Waals surface area contributed by atoms with Gasteiger partial charge in [-0.2, -0.15) is 13.2 Å². The summed E-state index contributed by atoms with van der Waals surface area (Å²) in [5, 5.41) is 3.60. The second kappa shape index (κ2) is 11.2. The summed E-state index contributed by atoms with van der Waals surface area (Å²) in [6.07, 6.45) is -4.83. The van der Waals surface area contributed by atoms with Gasteiger partial charge in [0.2, 0.25) is 11.8 Å². The number of anilines is 1. The molecule has 212 valence electrons. The van der Waals surface area contributed by atoms with Crippen molar-refractivity contribution in [1.82, 2.24) is 15.2 Å². The number of carbonyl (C=O) groups excluding carboxylic acids is 1. The number of nitrogens with two attached hydrogens (primary N) is 2. The van der Waals surface area contributed by atoms with E-state index in [4.69, 9.17) is 20.9 Å². The van der Waals surface area contributed by atoms with E-state index < -0.39 is 23.6 Å². The Morgan fingerprint density at radius 1 is 1.21 bits per heavy atom. The maximum Gasteiger partial charge on any atom is 0.419 e. The minimum Gasteiger partial charge on any atom is -0.480 e. The van der Waals surface area contributed by atoms with Gasteiger partial charge >= 0.3 is 6.18 Å². The van der Waals surface area contributed by atoms with Gasteiger partial charge in [0, 0.05) is 42.7 Å². The van der Waals surface area contributed by atoms with Crippen molar-refractivity contribution in [3.63, 3.8) is 0 Å². The number of hydrogen-bond donors (Lipinski definition) is 3. The number of hydrogen-bond acceptors (Lipinski definition) is 8. The van der Waals surface area contributed by atoms with E-state index in [1.165, 1.54) is 20.1 Å². The maximum absolute atomic E-state index is 14.7. The number of benzene rings is 1. The quantitative estimate of drug-likeness (QED) is 0.455. The predicted molar refractivity (Wildman–Crippen MR) is 137 cm³/mol. The lowest BCUT2D eigenvalue weighted by molar-refractivity contribution is -0.150. The summed E-state index contributed by atoms with van der Waals surface area (Å²) in [4.78, 5) is 21.0. The van der Waals surface area contributed by atoms with Crippen LogP contribution in [0, 0.1) is 11.7 Å². The lowest BCUT2D eigenvalue weighted by atomic mass is 10.0. The summed E-state index contributed by atoms with van der Waals surface area (Å²) < 4.78 is 65.1. The van der Waals surface area contributed by atoms with E-state index in [0.717, 1.165) is 6.07 Å². The zero-order valence-electron chi connectivity index (χ0n) is 21.9. The largest absolute Gasteiger partial charge is 0.480 e. The molecule has 2 fully saturated rings. The number of halogens is 4. The maximum atomic E-state index is 14.7. The zero-order chi connectivity index (χ0) is 28.5. The van der Waals surface area contributed by atoms with Crippen LogP contribution in [0.1, 0.15) is 31.0 Å². The average Bonchev–Trinajstić information content (AvgIpc) is 2.86. The summed E-state index contributed by atoms with van der Waals surface area (Å²) in [5.41, 5.74) is 11.9. The fraction of sp³-hybridized carbons (Fsp3) is 0.462. The molecule has 2 aromatic rings. The van der Waals surface area contributed by atoms with Crippen molar-refractivity contribution in [1.29, 1.82) is 0 Å². The highest BCUT2D eigenvalue weighted by Crippen LogP contribution is 2.34. The molecule has 0 unspecified atom stereocenters. The molecule has 5 N–H and O–H groups in total. The molecule has 1 aromatic carbocycles. The molecule has 0 radical (unpaired) electrons. The van der Waals surface area contributed by atoms with Crippen LogP contribution in [0.5, 0.6) is 5.88 Å². The van der Waals surface area contributed by atoms with E-state index in [2.05, 4.69) is 10.3 Å². The normalized spacial score (nSPS) is 18.7. The molecule has 2 aliphatic heterocycles. The summed E-state index contributed by atoms with van der Waals surface area (Å²) >= 11 is 0. The number of nitrogens with one attached hydrogen (secondary N) is 1. The van der Waals surface area contributed by atoms with Crippen LogP contribution in [0.2, 0.25) is 0 Å². The second-order valence-electron chi connectivity index (χ2n) is 9.63. The van der Waals surface area contributed by atoms with Gasteiger partial charge in [-0.1, -0.05) is 12.1 Å². The molecule has 2 saturated heterocycles. The molecule has 2 aliphatic rings. The Labute approximate surface area is 223 Å². The van der Waals surface area contributed by atoms with Crippen molar-refractivity contribution >= 4 is 23.1 Å². The molecule has 0 aliphatic carbocycles. The number of pyridine rings is 1. The fourth-order valence-corrected chi connectivity index (χ4v) is 4.66. The van der Waals surface area contributed by atoms with Gasteiger partial charge in [0.25, 0.3) is 0 Å². The monoisotopic (exact) mass is 552 g/mol. The number of rotatable bonds is 6. The molecule has 39 heavy (non-hydrogen) atoms. The van der Waals surface area contributed by atoms with Crippen LogP contribution in [0.4, 0.5) is 23.2 Å². The van der Waals surface area contributed by atoms with Gasteiger partial charge < -0.3 is 36.1 Å². The van der Waals surface area contributed by atoms with Gasteiger partial charge in [-0.05, 0) is 26.0 Å². The third kappa shape index (κ3) is 5.82. The Morgan fingerprint density at radius 3 is 2.41 bits per heavy atom. The third-order valence-corrected chi connectivity index (χ3v) is 6.92. The third-order valence-electron chi connectivity index (χ3n) is 6.92. The topological polar surface area (TPSA) is 119 Å². The second-order valence-corrected chi connectivity index (χ2v) is 9.63. The molecular weight excluding hydrogens is 520 g/mol. The van der Waals surface area contributed by atoms with E-state index in [-0.39, 0.29) is 23.2 Å². The first kappa shape index (κ1) is 28.3. The van der Waals surface area contributed by atoms with Crippen LogP contribution in [-0.2, 0) is 15.7 Å². The summed E-state index contributed by atoms with van der Waals surface area (Å²) in [6.45, 7) is 6.06. The van der Waals surface area contributed by atoms with Crippen LogP contribution in [0.3, 0.4) is 0 Å². The Morgan fingerprint density at radius 2 is 1.87 bits per heavy atom. The molecule has 3 heterocycles. The van der Waals surface area contributed by atoms with Gasteiger partial charge in [0.1, 0.15) is 17.3 Å².